The lowest BCUT2D eigenvalue weighted by Gasteiger charge is -2.32. The van der Waals surface area contributed by atoms with Crippen molar-refractivity contribution in [2.24, 2.45) is 13.0 Å². The summed E-state index contributed by atoms with van der Waals surface area (Å²) in [6.45, 7) is 8.79. The number of nitrogens with zero attached hydrogens (tertiary/aromatic N) is 5. The Hall–Kier alpha value is -2.11. The highest BCUT2D eigenvalue weighted by Gasteiger charge is 2.25. The van der Waals surface area contributed by atoms with Crippen LogP contribution in [-0.4, -0.2) is 43.2 Å². The van der Waals surface area contributed by atoms with Crippen molar-refractivity contribution in [3.8, 4) is 0 Å². The Morgan fingerprint density at radius 2 is 1.96 bits per heavy atom. The van der Waals surface area contributed by atoms with Gasteiger partial charge in [-0.1, -0.05) is 0 Å². The van der Waals surface area contributed by atoms with Crippen LogP contribution >= 0.6 is 0 Å². The molecule has 1 saturated heterocycles. The zero-order chi connectivity index (χ0) is 17.3. The highest BCUT2D eigenvalue weighted by atomic mass is 16.2. The Morgan fingerprint density at radius 3 is 2.50 bits per heavy atom. The molecule has 3 heterocycles. The molecule has 6 nitrogen and oxygen atoms in total. The zero-order valence-corrected chi connectivity index (χ0v) is 15.1. The summed E-state index contributed by atoms with van der Waals surface area (Å²) < 4.78 is 4.00. The van der Waals surface area contributed by atoms with E-state index < -0.39 is 0 Å². The van der Waals surface area contributed by atoms with E-state index in [2.05, 4.69) is 28.5 Å². The van der Waals surface area contributed by atoms with Gasteiger partial charge in [-0.05, 0) is 46.0 Å². The Kier molecular flexibility index (Phi) is 4.73. The molecule has 0 spiro atoms. The van der Waals surface area contributed by atoms with Crippen LogP contribution in [0.5, 0.6) is 0 Å². The van der Waals surface area contributed by atoms with Crippen LogP contribution in [0.2, 0.25) is 0 Å². The number of rotatable bonds is 4. The summed E-state index contributed by atoms with van der Waals surface area (Å²) >= 11 is 0. The van der Waals surface area contributed by atoms with Gasteiger partial charge >= 0.3 is 0 Å². The van der Waals surface area contributed by atoms with Gasteiger partial charge in [0.25, 0.3) is 5.91 Å². The molecule has 1 fully saturated rings. The number of aryl methyl sites for hydroxylation is 4. The third kappa shape index (κ3) is 3.37. The number of hydrogen-bond donors (Lipinski definition) is 0. The van der Waals surface area contributed by atoms with Gasteiger partial charge in [-0.2, -0.15) is 5.10 Å². The van der Waals surface area contributed by atoms with Gasteiger partial charge in [0.05, 0.1) is 11.3 Å². The average molecular weight is 329 g/mol. The molecule has 6 heteroatoms. The number of piperidine rings is 1. The van der Waals surface area contributed by atoms with E-state index in [-0.39, 0.29) is 5.91 Å². The van der Waals surface area contributed by atoms with E-state index >= 15 is 0 Å². The van der Waals surface area contributed by atoms with Crippen LogP contribution < -0.4 is 0 Å². The molecule has 0 bridgehead atoms. The fourth-order valence-electron chi connectivity index (χ4n) is 3.64. The van der Waals surface area contributed by atoms with Crippen LogP contribution in [0.4, 0.5) is 0 Å². The Morgan fingerprint density at radius 1 is 1.25 bits per heavy atom. The molecular weight excluding hydrogens is 302 g/mol. The van der Waals surface area contributed by atoms with Gasteiger partial charge in [-0.15, -0.1) is 0 Å². The molecule has 0 radical (unpaired) electrons. The fraction of sp³-hybridized carbons (Fsp3) is 0.611. The molecule has 130 valence electrons. The van der Waals surface area contributed by atoms with Crippen molar-refractivity contribution in [3.05, 3.63) is 35.2 Å². The molecule has 1 aliphatic rings. The lowest BCUT2D eigenvalue weighted by molar-refractivity contribution is 0.0684. The molecule has 0 saturated carbocycles. The third-order valence-electron chi connectivity index (χ3n) is 5.16. The number of hydrogen-bond acceptors (Lipinski definition) is 3. The van der Waals surface area contributed by atoms with E-state index in [1.165, 1.54) is 5.69 Å². The van der Waals surface area contributed by atoms with Gasteiger partial charge in [-0.3, -0.25) is 9.48 Å². The van der Waals surface area contributed by atoms with Crippen molar-refractivity contribution >= 4 is 5.91 Å². The second-order valence-corrected chi connectivity index (χ2v) is 6.92. The molecule has 1 amide bonds. The molecule has 0 unspecified atom stereocenters. The van der Waals surface area contributed by atoms with Crippen LogP contribution in [0, 0.1) is 26.7 Å². The van der Waals surface area contributed by atoms with Crippen LogP contribution in [0.3, 0.4) is 0 Å². The molecule has 0 atom stereocenters. The minimum atomic E-state index is 0.125. The first-order valence-electron chi connectivity index (χ1n) is 8.74. The first-order chi connectivity index (χ1) is 11.5. The molecule has 2 aromatic heterocycles. The minimum Gasteiger partial charge on any atom is -0.339 e. The third-order valence-corrected chi connectivity index (χ3v) is 5.16. The minimum absolute atomic E-state index is 0.125. The lowest BCUT2D eigenvalue weighted by Crippen LogP contribution is -2.38. The molecule has 2 aromatic rings. The van der Waals surface area contributed by atoms with Crippen molar-refractivity contribution < 1.29 is 4.79 Å². The molecular formula is C18H27N5O. The summed E-state index contributed by atoms with van der Waals surface area (Å²) in [5, 5.41) is 4.28. The molecule has 24 heavy (non-hydrogen) atoms. The van der Waals surface area contributed by atoms with E-state index in [0.29, 0.717) is 5.92 Å². The van der Waals surface area contributed by atoms with E-state index in [0.717, 1.165) is 56.0 Å². The summed E-state index contributed by atoms with van der Waals surface area (Å²) in [4.78, 5) is 19.0. The molecule has 0 N–H and O–H groups in total. The topological polar surface area (TPSA) is 56.0 Å². The smallest absolute Gasteiger partial charge is 0.257 e. The van der Waals surface area contributed by atoms with Crippen molar-refractivity contribution in [1.82, 2.24) is 24.2 Å². The maximum Gasteiger partial charge on any atom is 0.257 e. The van der Waals surface area contributed by atoms with Crippen LogP contribution in [-0.2, 0) is 13.6 Å². The second kappa shape index (κ2) is 6.79. The van der Waals surface area contributed by atoms with Gasteiger partial charge in [-0.25, -0.2) is 4.98 Å². The van der Waals surface area contributed by atoms with Gasteiger partial charge in [0, 0.05) is 44.8 Å². The van der Waals surface area contributed by atoms with Gasteiger partial charge in [0.2, 0.25) is 0 Å². The lowest BCUT2D eigenvalue weighted by atomic mass is 9.93. The summed E-state index contributed by atoms with van der Waals surface area (Å²) in [5.74, 6) is 1.90. The van der Waals surface area contributed by atoms with E-state index in [9.17, 15) is 4.79 Å². The van der Waals surface area contributed by atoms with E-state index in [4.69, 9.17) is 0 Å². The maximum atomic E-state index is 12.6. The summed E-state index contributed by atoms with van der Waals surface area (Å²) in [7, 11) is 1.86. The number of carbonyl (C=O) groups is 1. The monoisotopic (exact) mass is 329 g/mol. The number of likely N-dealkylation sites (tertiary alicyclic amines) is 1. The van der Waals surface area contributed by atoms with Gasteiger partial charge in [0.1, 0.15) is 5.82 Å². The molecule has 0 aromatic carbocycles. The molecule has 0 aliphatic carbocycles. The van der Waals surface area contributed by atoms with E-state index in [1.807, 2.05) is 31.3 Å². The maximum absolute atomic E-state index is 12.6. The Labute approximate surface area is 143 Å². The van der Waals surface area contributed by atoms with Crippen molar-refractivity contribution in [2.75, 3.05) is 13.1 Å². The van der Waals surface area contributed by atoms with Crippen LogP contribution in [0.15, 0.2) is 12.4 Å². The quantitative estimate of drug-likeness (QED) is 0.866. The fourth-order valence-corrected chi connectivity index (χ4v) is 3.64. The number of aromatic nitrogens is 4. The van der Waals surface area contributed by atoms with Crippen molar-refractivity contribution in [1.29, 1.82) is 0 Å². The molecule has 1 aliphatic heterocycles. The predicted octanol–water partition coefficient (Wildman–Crippen LogP) is 2.48. The van der Waals surface area contributed by atoms with Gasteiger partial charge in [0.15, 0.2) is 0 Å². The highest BCUT2D eigenvalue weighted by Crippen LogP contribution is 2.23. The highest BCUT2D eigenvalue weighted by molar-refractivity contribution is 5.95. The Bertz CT molecular complexity index is 702. The number of imidazole rings is 1. The number of amides is 1. The first-order valence-corrected chi connectivity index (χ1v) is 8.74. The van der Waals surface area contributed by atoms with Crippen molar-refractivity contribution in [3.63, 3.8) is 0 Å². The SMILES string of the molecule is Cc1nn(C)cc1C(=O)N1CCC(CCn2c(C)cnc2C)CC1. The van der Waals surface area contributed by atoms with Gasteiger partial charge < -0.3 is 9.47 Å². The largest absolute Gasteiger partial charge is 0.339 e. The zero-order valence-electron chi connectivity index (χ0n) is 15.1. The molecule has 3 rings (SSSR count). The first kappa shape index (κ1) is 16.7. The predicted molar refractivity (Wildman–Crippen MR) is 92.9 cm³/mol. The van der Waals surface area contributed by atoms with Crippen molar-refractivity contribution in [2.45, 2.75) is 46.6 Å². The van der Waals surface area contributed by atoms with Crippen LogP contribution in [0.1, 0.15) is 46.8 Å². The second-order valence-electron chi connectivity index (χ2n) is 6.92. The normalized spacial score (nSPS) is 15.9. The summed E-state index contributed by atoms with van der Waals surface area (Å²) in [5.41, 5.74) is 2.78. The van der Waals surface area contributed by atoms with E-state index in [1.54, 1.807) is 4.68 Å². The average Bonchev–Trinajstić information content (AvgIpc) is 3.07. The standard InChI is InChI=1S/C18H27N5O/c1-13-11-19-15(3)23(13)10-7-16-5-8-22(9-6-16)18(24)17-12-21(4)20-14(17)2/h11-12,16H,5-10H2,1-4H3. The summed E-state index contributed by atoms with van der Waals surface area (Å²) in [6, 6.07) is 0. The summed E-state index contributed by atoms with van der Waals surface area (Å²) in [6.07, 6.45) is 7.09. The van der Waals surface area contributed by atoms with Crippen LogP contribution in [0.25, 0.3) is 0 Å². The number of carbonyl (C=O) groups excluding carboxylic acids is 1. The Balaban J connectivity index is 1.52.